The number of sulfonamides is 1. The minimum atomic E-state index is -3.53. The molecule has 0 amide bonds. The number of thiophene rings is 1. The van der Waals surface area contributed by atoms with Gasteiger partial charge in [0, 0.05) is 18.5 Å². The summed E-state index contributed by atoms with van der Waals surface area (Å²) in [4.78, 5) is 0.953. The van der Waals surface area contributed by atoms with Gasteiger partial charge in [0.2, 0.25) is 5.75 Å². The lowest BCUT2D eigenvalue weighted by molar-refractivity contribution is 0.323. The maximum absolute atomic E-state index is 12.6. The van der Waals surface area contributed by atoms with E-state index < -0.39 is 10.0 Å². The van der Waals surface area contributed by atoms with Gasteiger partial charge in [-0.25, -0.2) is 8.42 Å². The lowest BCUT2D eigenvalue weighted by Gasteiger charge is -2.18. The monoisotopic (exact) mass is 371 g/mol. The number of benzene rings is 1. The largest absolute Gasteiger partial charge is 0.493 e. The molecule has 0 aliphatic carbocycles. The molecular weight excluding hydrogens is 350 g/mol. The average Bonchev–Trinajstić information content (AvgIpc) is 3.00. The molecular formula is C16H21NO5S2. The van der Waals surface area contributed by atoms with E-state index in [1.54, 1.807) is 31.3 Å². The van der Waals surface area contributed by atoms with Crippen LogP contribution < -0.4 is 14.2 Å². The van der Waals surface area contributed by atoms with E-state index in [1.165, 1.54) is 37.0 Å². The van der Waals surface area contributed by atoms with Crippen LogP contribution in [0.5, 0.6) is 17.2 Å². The van der Waals surface area contributed by atoms with Gasteiger partial charge in [0.25, 0.3) is 10.0 Å². The van der Waals surface area contributed by atoms with Gasteiger partial charge in [-0.1, -0.05) is 0 Å². The molecule has 0 bridgehead atoms. The van der Waals surface area contributed by atoms with Crippen molar-refractivity contribution in [1.82, 2.24) is 4.31 Å². The zero-order chi connectivity index (χ0) is 17.9. The van der Waals surface area contributed by atoms with Gasteiger partial charge in [-0.2, -0.15) is 4.31 Å². The highest BCUT2D eigenvalue weighted by molar-refractivity contribution is 7.91. The Bertz CT molecular complexity index is 789. The molecule has 0 spiro atoms. The lowest BCUT2D eigenvalue weighted by atomic mass is 10.2. The second-order valence-corrected chi connectivity index (χ2v) is 8.72. The van der Waals surface area contributed by atoms with E-state index in [9.17, 15) is 8.42 Å². The van der Waals surface area contributed by atoms with Crippen LogP contribution in [0.3, 0.4) is 0 Å². The number of nitrogens with zero attached hydrogens (tertiary/aromatic N) is 1. The van der Waals surface area contributed by atoms with Crippen LogP contribution >= 0.6 is 11.3 Å². The Morgan fingerprint density at radius 3 is 2.04 bits per heavy atom. The maximum atomic E-state index is 12.6. The predicted molar refractivity (Wildman–Crippen MR) is 93.8 cm³/mol. The molecule has 24 heavy (non-hydrogen) atoms. The summed E-state index contributed by atoms with van der Waals surface area (Å²) in [6, 6.07) is 6.91. The summed E-state index contributed by atoms with van der Waals surface area (Å²) in [6.07, 6.45) is 0. The lowest BCUT2D eigenvalue weighted by Crippen LogP contribution is -2.25. The van der Waals surface area contributed by atoms with Crippen LogP contribution in [0.1, 0.15) is 10.4 Å². The number of aryl methyl sites for hydroxylation is 1. The fourth-order valence-corrected chi connectivity index (χ4v) is 4.93. The summed E-state index contributed by atoms with van der Waals surface area (Å²) in [6.45, 7) is 2.07. The van der Waals surface area contributed by atoms with Crippen molar-refractivity contribution >= 4 is 21.4 Å². The Morgan fingerprint density at radius 1 is 1.04 bits per heavy atom. The Balaban J connectivity index is 2.33. The smallest absolute Gasteiger partial charge is 0.252 e. The summed E-state index contributed by atoms with van der Waals surface area (Å²) in [5, 5.41) is 0. The Labute approximate surface area is 146 Å². The molecule has 0 N–H and O–H groups in total. The number of hydrogen-bond donors (Lipinski definition) is 0. The van der Waals surface area contributed by atoms with Gasteiger partial charge in [-0.05, 0) is 36.8 Å². The average molecular weight is 371 g/mol. The quantitative estimate of drug-likeness (QED) is 0.749. The van der Waals surface area contributed by atoms with Crippen molar-refractivity contribution in [2.24, 2.45) is 0 Å². The molecule has 0 unspecified atom stereocenters. The fourth-order valence-electron chi connectivity index (χ4n) is 2.27. The fraction of sp³-hybridized carbons (Fsp3) is 0.375. The molecule has 6 nitrogen and oxygen atoms in total. The zero-order valence-electron chi connectivity index (χ0n) is 14.3. The first-order chi connectivity index (χ1) is 11.3. The third-order valence-electron chi connectivity index (χ3n) is 3.51. The third kappa shape index (κ3) is 3.66. The van der Waals surface area contributed by atoms with E-state index in [2.05, 4.69) is 0 Å². The summed E-state index contributed by atoms with van der Waals surface area (Å²) < 4.78 is 42.8. The molecule has 0 atom stereocenters. The molecule has 0 aliphatic heterocycles. The molecule has 8 heteroatoms. The highest BCUT2D eigenvalue weighted by Gasteiger charge is 2.23. The van der Waals surface area contributed by atoms with E-state index in [4.69, 9.17) is 14.2 Å². The van der Waals surface area contributed by atoms with E-state index >= 15 is 0 Å². The Hall–Kier alpha value is -1.77. The van der Waals surface area contributed by atoms with E-state index in [0.717, 1.165) is 10.4 Å². The van der Waals surface area contributed by atoms with Crippen LogP contribution in [0, 0.1) is 6.92 Å². The van der Waals surface area contributed by atoms with Crippen LogP contribution in [0.15, 0.2) is 28.5 Å². The topological polar surface area (TPSA) is 65.1 Å². The highest BCUT2D eigenvalue weighted by atomic mass is 32.2. The molecule has 0 aliphatic rings. The first-order valence-corrected chi connectivity index (χ1v) is 9.40. The van der Waals surface area contributed by atoms with Crippen LogP contribution in [0.2, 0.25) is 0 Å². The summed E-state index contributed by atoms with van der Waals surface area (Å²) in [5.74, 6) is 1.46. The van der Waals surface area contributed by atoms with E-state index in [0.29, 0.717) is 21.5 Å². The number of ether oxygens (including phenoxy) is 3. The van der Waals surface area contributed by atoms with Crippen molar-refractivity contribution in [1.29, 1.82) is 0 Å². The normalized spacial score (nSPS) is 11.6. The van der Waals surface area contributed by atoms with Gasteiger partial charge in [0.05, 0.1) is 21.3 Å². The SMILES string of the molecule is COc1cc(CN(C)S(=O)(=O)c2ccc(C)s2)cc(OC)c1OC. The van der Waals surface area contributed by atoms with Crippen molar-refractivity contribution in [3.8, 4) is 17.2 Å². The maximum Gasteiger partial charge on any atom is 0.252 e. The van der Waals surface area contributed by atoms with Crippen LogP contribution in [-0.2, 0) is 16.6 Å². The zero-order valence-corrected chi connectivity index (χ0v) is 16.0. The molecule has 132 valence electrons. The summed E-state index contributed by atoms with van der Waals surface area (Å²) >= 11 is 1.26. The molecule has 1 heterocycles. The first-order valence-electron chi connectivity index (χ1n) is 7.15. The first kappa shape index (κ1) is 18.6. The third-order valence-corrected chi connectivity index (χ3v) is 6.78. The van der Waals surface area contributed by atoms with Gasteiger partial charge < -0.3 is 14.2 Å². The summed E-state index contributed by atoms with van der Waals surface area (Å²) in [7, 11) is 2.59. The molecule has 0 fully saturated rings. The number of rotatable bonds is 7. The molecule has 1 aromatic carbocycles. The van der Waals surface area contributed by atoms with Gasteiger partial charge in [-0.15, -0.1) is 11.3 Å². The molecule has 2 aromatic rings. The number of hydrogen-bond acceptors (Lipinski definition) is 6. The van der Waals surface area contributed by atoms with Crippen LogP contribution in [0.25, 0.3) is 0 Å². The van der Waals surface area contributed by atoms with Gasteiger partial charge in [0.15, 0.2) is 11.5 Å². The van der Waals surface area contributed by atoms with Crippen LogP contribution in [0.4, 0.5) is 0 Å². The van der Waals surface area contributed by atoms with Gasteiger partial charge in [0.1, 0.15) is 4.21 Å². The minimum Gasteiger partial charge on any atom is -0.493 e. The van der Waals surface area contributed by atoms with Crippen molar-refractivity contribution < 1.29 is 22.6 Å². The number of methoxy groups -OCH3 is 3. The van der Waals surface area contributed by atoms with Gasteiger partial charge >= 0.3 is 0 Å². The highest BCUT2D eigenvalue weighted by Crippen LogP contribution is 2.38. The predicted octanol–water partition coefficient (Wildman–Crippen LogP) is 2.90. The molecule has 0 saturated carbocycles. The van der Waals surface area contributed by atoms with Crippen molar-refractivity contribution in [2.45, 2.75) is 17.7 Å². The second-order valence-electron chi connectivity index (χ2n) is 5.16. The van der Waals surface area contributed by atoms with E-state index in [1.807, 2.05) is 6.92 Å². The molecule has 2 rings (SSSR count). The standard InChI is InChI=1S/C16H21NO5S2/c1-11-6-7-15(23-11)24(18,19)17(2)10-12-8-13(20-3)16(22-5)14(9-12)21-4/h6-9H,10H2,1-5H3. The van der Waals surface area contributed by atoms with Crippen molar-refractivity contribution in [3.63, 3.8) is 0 Å². The van der Waals surface area contributed by atoms with Crippen molar-refractivity contribution in [2.75, 3.05) is 28.4 Å². The van der Waals surface area contributed by atoms with Crippen LogP contribution in [-0.4, -0.2) is 41.1 Å². The Kier molecular flexibility index (Phi) is 5.74. The van der Waals surface area contributed by atoms with Crippen molar-refractivity contribution in [3.05, 3.63) is 34.7 Å². The van der Waals surface area contributed by atoms with E-state index in [-0.39, 0.29) is 6.54 Å². The van der Waals surface area contributed by atoms with Gasteiger partial charge in [-0.3, -0.25) is 0 Å². The molecule has 1 aromatic heterocycles. The molecule has 0 saturated heterocycles. The molecule has 0 radical (unpaired) electrons. The minimum absolute atomic E-state index is 0.190. The Morgan fingerprint density at radius 2 is 1.62 bits per heavy atom. The second kappa shape index (κ2) is 7.42. The summed E-state index contributed by atoms with van der Waals surface area (Å²) in [5.41, 5.74) is 0.740.